The summed E-state index contributed by atoms with van der Waals surface area (Å²) in [5.41, 5.74) is 1.68. The highest BCUT2D eigenvalue weighted by molar-refractivity contribution is 6.28. The highest BCUT2D eigenvalue weighted by Gasteiger charge is 2.29. The zero-order chi connectivity index (χ0) is 25.8. The van der Waals surface area contributed by atoms with E-state index in [0.29, 0.717) is 22.4 Å². The van der Waals surface area contributed by atoms with Crippen LogP contribution in [-0.2, 0) is 14.3 Å². The summed E-state index contributed by atoms with van der Waals surface area (Å²) >= 11 is 0. The second-order valence-electron chi connectivity index (χ2n) is 8.00. The monoisotopic (exact) mass is 486 g/mol. The minimum absolute atomic E-state index is 0.183. The number of hydrogen-bond donors (Lipinski definition) is 2. The molecule has 0 fully saturated rings. The van der Waals surface area contributed by atoms with Gasteiger partial charge in [-0.1, -0.05) is 24.3 Å². The molecule has 3 aromatic rings. The lowest BCUT2D eigenvalue weighted by atomic mass is 9.84. The molecule has 2 amide bonds. The molecule has 2 N–H and O–H groups in total. The molecule has 1 atom stereocenters. The molecule has 0 spiro atoms. The van der Waals surface area contributed by atoms with Crippen molar-refractivity contribution in [2.75, 3.05) is 19.0 Å². The average Bonchev–Trinajstić information content (AvgIpc) is 2.90. The lowest BCUT2D eigenvalue weighted by Crippen LogP contribution is -2.35. The first-order valence-electron chi connectivity index (χ1n) is 11.0. The Balaban J connectivity index is 1.34. The van der Waals surface area contributed by atoms with E-state index in [0.717, 1.165) is 0 Å². The number of nitrogens with one attached hydrogen (secondary N) is 2. The molecule has 4 rings (SSSR count). The number of fused-ring (bicyclic) bond motifs is 2. The Labute approximate surface area is 206 Å². The van der Waals surface area contributed by atoms with Gasteiger partial charge in [-0.05, 0) is 49.4 Å². The van der Waals surface area contributed by atoms with E-state index >= 15 is 0 Å². The van der Waals surface area contributed by atoms with Crippen LogP contribution >= 0.6 is 0 Å². The number of carbonyl (C=O) groups excluding carboxylic acids is 5. The number of methoxy groups -OCH3 is 1. The number of amides is 2. The number of hydrogen-bond acceptors (Lipinski definition) is 7. The van der Waals surface area contributed by atoms with Crippen molar-refractivity contribution in [1.29, 1.82) is 0 Å². The molecule has 182 valence electrons. The maximum atomic E-state index is 12.9. The van der Waals surface area contributed by atoms with Gasteiger partial charge in [0.2, 0.25) is 0 Å². The van der Waals surface area contributed by atoms with E-state index in [1.165, 1.54) is 32.2 Å². The van der Waals surface area contributed by atoms with Gasteiger partial charge in [0.1, 0.15) is 12.3 Å². The number of ether oxygens (including phenoxy) is 2. The summed E-state index contributed by atoms with van der Waals surface area (Å²) in [4.78, 5) is 62.4. The summed E-state index contributed by atoms with van der Waals surface area (Å²) in [6.07, 6.45) is -1.18. The average molecular weight is 486 g/mol. The molecule has 1 unspecified atom stereocenters. The Hall–Kier alpha value is -4.79. The third-order valence-corrected chi connectivity index (χ3v) is 5.62. The number of rotatable bonds is 7. The van der Waals surface area contributed by atoms with E-state index in [1.807, 2.05) is 0 Å². The van der Waals surface area contributed by atoms with Crippen molar-refractivity contribution < 1.29 is 33.4 Å². The first kappa shape index (κ1) is 24.3. The lowest BCUT2D eigenvalue weighted by Gasteiger charge is -2.19. The summed E-state index contributed by atoms with van der Waals surface area (Å²) in [6, 6.07) is 17.3. The smallest absolute Gasteiger partial charge is 0.326 e. The zero-order valence-corrected chi connectivity index (χ0v) is 19.5. The van der Waals surface area contributed by atoms with E-state index in [2.05, 4.69) is 10.6 Å². The summed E-state index contributed by atoms with van der Waals surface area (Å²) < 4.78 is 10.1. The fraction of sp³-hybridized carbons (Fsp3) is 0.148. The zero-order valence-electron chi connectivity index (χ0n) is 19.5. The van der Waals surface area contributed by atoms with Gasteiger partial charge in [-0.15, -0.1) is 0 Å². The third-order valence-electron chi connectivity index (χ3n) is 5.62. The van der Waals surface area contributed by atoms with Crippen LogP contribution in [0.5, 0.6) is 5.75 Å². The Bertz CT molecular complexity index is 1380. The van der Waals surface area contributed by atoms with Gasteiger partial charge < -0.3 is 20.1 Å². The number of anilines is 1. The number of esters is 1. The summed E-state index contributed by atoms with van der Waals surface area (Å²) in [7, 11) is 1.51. The molecule has 1 aliphatic carbocycles. The highest BCUT2D eigenvalue weighted by Crippen LogP contribution is 2.29. The van der Waals surface area contributed by atoms with Crippen LogP contribution in [0, 0.1) is 0 Å². The van der Waals surface area contributed by atoms with Crippen molar-refractivity contribution in [2.24, 2.45) is 0 Å². The molecular formula is C27H22N2O7. The van der Waals surface area contributed by atoms with Crippen LogP contribution in [0.25, 0.3) is 0 Å². The topological polar surface area (TPSA) is 128 Å². The van der Waals surface area contributed by atoms with Gasteiger partial charge in [0.25, 0.3) is 11.8 Å². The molecule has 0 saturated heterocycles. The highest BCUT2D eigenvalue weighted by atomic mass is 16.5. The van der Waals surface area contributed by atoms with Crippen molar-refractivity contribution in [3.05, 3.63) is 94.5 Å². The Morgan fingerprint density at radius 1 is 0.833 bits per heavy atom. The van der Waals surface area contributed by atoms with Crippen molar-refractivity contribution in [2.45, 2.75) is 13.0 Å². The predicted octanol–water partition coefficient (Wildman–Crippen LogP) is 2.77. The van der Waals surface area contributed by atoms with Crippen molar-refractivity contribution in [3.63, 3.8) is 0 Å². The van der Waals surface area contributed by atoms with Crippen molar-refractivity contribution in [3.8, 4) is 5.75 Å². The summed E-state index contributed by atoms with van der Waals surface area (Å²) in [5.74, 6) is -1.92. The maximum Gasteiger partial charge on any atom is 0.326 e. The number of benzene rings is 3. The fourth-order valence-corrected chi connectivity index (χ4v) is 3.71. The van der Waals surface area contributed by atoms with E-state index in [1.54, 1.807) is 48.5 Å². The molecule has 0 saturated carbocycles. The first-order valence-corrected chi connectivity index (χ1v) is 11.0. The van der Waals surface area contributed by atoms with Crippen LogP contribution < -0.4 is 15.4 Å². The van der Waals surface area contributed by atoms with Crippen molar-refractivity contribution in [1.82, 2.24) is 5.32 Å². The van der Waals surface area contributed by atoms with Crippen LogP contribution in [0.3, 0.4) is 0 Å². The molecule has 0 aromatic heterocycles. The quantitative estimate of drug-likeness (QED) is 0.385. The number of carbonyl (C=O) groups is 5. The van der Waals surface area contributed by atoms with Crippen LogP contribution in [-0.4, -0.2) is 49.1 Å². The minimum atomic E-state index is -1.18. The largest absolute Gasteiger partial charge is 0.497 e. The molecule has 3 aromatic carbocycles. The van der Waals surface area contributed by atoms with Gasteiger partial charge in [-0.25, -0.2) is 0 Å². The molecule has 36 heavy (non-hydrogen) atoms. The van der Waals surface area contributed by atoms with Gasteiger partial charge in [-0.2, -0.15) is 0 Å². The minimum Gasteiger partial charge on any atom is -0.497 e. The molecule has 0 radical (unpaired) electrons. The predicted molar refractivity (Wildman–Crippen MR) is 129 cm³/mol. The fourth-order valence-electron chi connectivity index (χ4n) is 3.71. The van der Waals surface area contributed by atoms with E-state index < -0.39 is 30.4 Å². The molecule has 1 aliphatic rings. The van der Waals surface area contributed by atoms with Gasteiger partial charge in [0.15, 0.2) is 17.7 Å². The van der Waals surface area contributed by atoms with Crippen LogP contribution in [0.15, 0.2) is 66.7 Å². The van der Waals surface area contributed by atoms with E-state index in [-0.39, 0.29) is 28.4 Å². The molecule has 0 heterocycles. The van der Waals surface area contributed by atoms with Gasteiger partial charge >= 0.3 is 5.97 Å². The van der Waals surface area contributed by atoms with Gasteiger partial charge in [0, 0.05) is 33.5 Å². The molecule has 0 bridgehead atoms. The Kier molecular flexibility index (Phi) is 6.91. The normalized spacial score (nSPS) is 12.6. The SMILES string of the molecule is COc1ccc(C(=O)NCC(=O)OC(C)C(=O)Nc2ccc3c(c2)C(=O)c2ccccc2C3=O)cc1. The standard InChI is InChI=1S/C27H22N2O7/c1-15(36-23(30)14-28-27(34)16-7-10-18(35-2)11-8-16)26(33)29-17-9-12-21-22(13-17)25(32)20-6-4-3-5-19(20)24(21)31/h3-13,15H,14H2,1-2H3,(H,28,34)(H,29,33). The Morgan fingerprint density at radius 2 is 1.44 bits per heavy atom. The van der Waals surface area contributed by atoms with Crippen LogP contribution in [0.2, 0.25) is 0 Å². The van der Waals surface area contributed by atoms with Gasteiger partial charge in [0.05, 0.1) is 7.11 Å². The molecule has 9 nitrogen and oxygen atoms in total. The van der Waals surface area contributed by atoms with Crippen molar-refractivity contribution >= 4 is 35.0 Å². The molecular weight excluding hydrogens is 464 g/mol. The van der Waals surface area contributed by atoms with Crippen LogP contribution in [0.4, 0.5) is 5.69 Å². The summed E-state index contributed by atoms with van der Waals surface area (Å²) in [6.45, 7) is 0.944. The molecule has 0 aliphatic heterocycles. The maximum absolute atomic E-state index is 12.9. The first-order chi connectivity index (χ1) is 17.3. The second kappa shape index (κ2) is 10.2. The number of ketones is 2. The summed E-state index contributed by atoms with van der Waals surface area (Å²) in [5, 5.41) is 5.01. The lowest BCUT2D eigenvalue weighted by molar-refractivity contribution is -0.152. The van der Waals surface area contributed by atoms with E-state index in [4.69, 9.17) is 9.47 Å². The van der Waals surface area contributed by atoms with Crippen LogP contribution in [0.1, 0.15) is 49.1 Å². The molecule has 9 heteroatoms. The van der Waals surface area contributed by atoms with Gasteiger partial charge in [-0.3, -0.25) is 24.0 Å². The second-order valence-corrected chi connectivity index (χ2v) is 8.00. The Morgan fingerprint density at radius 3 is 2.08 bits per heavy atom. The van der Waals surface area contributed by atoms with E-state index in [9.17, 15) is 24.0 Å². The third kappa shape index (κ3) is 5.00.